The quantitative estimate of drug-likeness (QED) is 0.910. The van der Waals surface area contributed by atoms with Gasteiger partial charge in [-0.2, -0.15) is 0 Å². The summed E-state index contributed by atoms with van der Waals surface area (Å²) in [6.45, 7) is 0. The van der Waals surface area contributed by atoms with Crippen LogP contribution < -0.4 is 14.8 Å². The monoisotopic (exact) mass is 336 g/mol. The molecule has 1 atom stereocenters. The molecule has 0 saturated carbocycles. The van der Waals surface area contributed by atoms with Gasteiger partial charge in [0, 0.05) is 22.4 Å². The van der Waals surface area contributed by atoms with Gasteiger partial charge >= 0.3 is 0 Å². The lowest BCUT2D eigenvalue weighted by Gasteiger charge is -2.20. The molecular formula is C15H17BrN2O2. The molecule has 1 unspecified atom stereocenters. The Balaban J connectivity index is 2.50. The summed E-state index contributed by atoms with van der Waals surface area (Å²) < 4.78 is 11.7. The summed E-state index contributed by atoms with van der Waals surface area (Å²) in [5.41, 5.74) is 2.06. The van der Waals surface area contributed by atoms with Crippen molar-refractivity contribution < 1.29 is 9.47 Å². The number of nitrogens with zero attached hydrogens (tertiary/aromatic N) is 1. The fourth-order valence-electron chi connectivity index (χ4n) is 2.15. The first kappa shape index (κ1) is 14.8. The largest absolute Gasteiger partial charge is 0.497 e. The molecule has 106 valence electrons. The Kier molecular flexibility index (Phi) is 4.98. The zero-order valence-corrected chi connectivity index (χ0v) is 13.3. The Bertz CT molecular complexity index is 590. The first-order valence-corrected chi connectivity index (χ1v) is 6.98. The number of rotatable bonds is 5. The number of hydrogen-bond donors (Lipinski definition) is 1. The van der Waals surface area contributed by atoms with Gasteiger partial charge in [0.05, 0.1) is 20.3 Å². The smallest absolute Gasteiger partial charge is 0.124 e. The van der Waals surface area contributed by atoms with Crippen molar-refractivity contribution in [2.45, 2.75) is 6.04 Å². The van der Waals surface area contributed by atoms with E-state index in [1.54, 1.807) is 20.4 Å². The highest BCUT2D eigenvalue weighted by Crippen LogP contribution is 2.33. The molecule has 1 N–H and O–H groups in total. The third-order valence-corrected chi connectivity index (χ3v) is 3.53. The van der Waals surface area contributed by atoms with Gasteiger partial charge in [-0.1, -0.05) is 0 Å². The Morgan fingerprint density at radius 3 is 2.55 bits per heavy atom. The van der Waals surface area contributed by atoms with Crippen molar-refractivity contribution in [1.29, 1.82) is 0 Å². The number of aromatic nitrogens is 1. The summed E-state index contributed by atoms with van der Waals surface area (Å²) >= 11 is 3.45. The zero-order valence-electron chi connectivity index (χ0n) is 11.7. The minimum absolute atomic E-state index is 0.0231. The van der Waals surface area contributed by atoms with Crippen LogP contribution in [0.1, 0.15) is 17.2 Å². The van der Waals surface area contributed by atoms with Gasteiger partial charge in [-0.3, -0.25) is 4.98 Å². The molecular weight excluding hydrogens is 320 g/mol. The molecule has 5 heteroatoms. The standard InChI is InChI=1S/C15H17BrN2O2/c1-17-15(10-6-11(16)9-18-8-10)13-7-12(19-2)4-5-14(13)20-3/h4-9,15,17H,1-3H3. The second kappa shape index (κ2) is 6.72. The maximum absolute atomic E-state index is 5.45. The number of benzene rings is 1. The average Bonchev–Trinajstić information content (AvgIpc) is 2.48. The van der Waals surface area contributed by atoms with Gasteiger partial charge in [-0.15, -0.1) is 0 Å². The second-order valence-corrected chi connectivity index (χ2v) is 5.18. The van der Waals surface area contributed by atoms with Gasteiger partial charge in [-0.05, 0) is 52.8 Å². The van der Waals surface area contributed by atoms with Crippen molar-refractivity contribution in [2.24, 2.45) is 0 Å². The van der Waals surface area contributed by atoms with Crippen LogP contribution in [0.4, 0.5) is 0 Å². The van der Waals surface area contributed by atoms with E-state index < -0.39 is 0 Å². The summed E-state index contributed by atoms with van der Waals surface area (Å²) in [5.74, 6) is 1.61. The summed E-state index contributed by atoms with van der Waals surface area (Å²) in [5, 5.41) is 3.29. The molecule has 0 radical (unpaired) electrons. The fraction of sp³-hybridized carbons (Fsp3) is 0.267. The van der Waals surface area contributed by atoms with Gasteiger partial charge in [-0.25, -0.2) is 0 Å². The number of methoxy groups -OCH3 is 2. The highest BCUT2D eigenvalue weighted by molar-refractivity contribution is 9.10. The molecule has 0 aliphatic rings. The molecule has 0 bridgehead atoms. The number of ether oxygens (including phenoxy) is 2. The summed E-state index contributed by atoms with van der Waals surface area (Å²) in [4.78, 5) is 4.22. The molecule has 0 fully saturated rings. The van der Waals surface area contributed by atoms with E-state index in [-0.39, 0.29) is 6.04 Å². The van der Waals surface area contributed by atoms with Crippen LogP contribution in [-0.4, -0.2) is 26.3 Å². The Morgan fingerprint density at radius 1 is 1.15 bits per heavy atom. The molecule has 1 aromatic heterocycles. The number of halogens is 1. The molecule has 0 saturated heterocycles. The predicted molar refractivity (Wildman–Crippen MR) is 82.4 cm³/mol. The van der Waals surface area contributed by atoms with Crippen molar-refractivity contribution in [3.63, 3.8) is 0 Å². The molecule has 0 spiro atoms. The lowest BCUT2D eigenvalue weighted by molar-refractivity contribution is 0.395. The van der Waals surface area contributed by atoms with Crippen LogP contribution in [-0.2, 0) is 0 Å². The summed E-state index contributed by atoms with van der Waals surface area (Å²) in [7, 11) is 5.22. The molecule has 4 nitrogen and oxygen atoms in total. The third-order valence-electron chi connectivity index (χ3n) is 3.10. The average molecular weight is 337 g/mol. The normalized spacial score (nSPS) is 12.0. The van der Waals surface area contributed by atoms with Crippen LogP contribution in [0.3, 0.4) is 0 Å². The molecule has 1 aromatic carbocycles. The van der Waals surface area contributed by atoms with E-state index in [1.807, 2.05) is 37.5 Å². The Morgan fingerprint density at radius 2 is 1.95 bits per heavy atom. The zero-order chi connectivity index (χ0) is 14.5. The van der Waals surface area contributed by atoms with Crippen molar-refractivity contribution in [3.8, 4) is 11.5 Å². The highest BCUT2D eigenvalue weighted by atomic mass is 79.9. The SMILES string of the molecule is CNC(c1cncc(Br)c1)c1cc(OC)ccc1OC. The fourth-order valence-corrected chi connectivity index (χ4v) is 2.54. The van der Waals surface area contributed by atoms with Crippen LogP contribution in [0.5, 0.6) is 11.5 Å². The van der Waals surface area contributed by atoms with Crippen LogP contribution in [0.15, 0.2) is 41.1 Å². The van der Waals surface area contributed by atoms with E-state index >= 15 is 0 Å². The summed E-state index contributed by atoms with van der Waals surface area (Å²) in [6, 6.07) is 7.77. The first-order valence-electron chi connectivity index (χ1n) is 6.19. The first-order chi connectivity index (χ1) is 9.69. The third kappa shape index (κ3) is 3.11. The van der Waals surface area contributed by atoms with E-state index in [0.717, 1.165) is 27.1 Å². The van der Waals surface area contributed by atoms with E-state index in [4.69, 9.17) is 9.47 Å². The van der Waals surface area contributed by atoms with Crippen molar-refractivity contribution >= 4 is 15.9 Å². The van der Waals surface area contributed by atoms with Gasteiger partial charge in [0.25, 0.3) is 0 Å². The number of pyridine rings is 1. The van der Waals surface area contributed by atoms with Crippen LogP contribution >= 0.6 is 15.9 Å². The predicted octanol–water partition coefficient (Wildman–Crippen LogP) is 3.17. The number of nitrogens with one attached hydrogen (secondary N) is 1. The summed E-state index contributed by atoms with van der Waals surface area (Å²) in [6.07, 6.45) is 3.60. The maximum Gasteiger partial charge on any atom is 0.124 e. The van der Waals surface area contributed by atoms with Crippen molar-refractivity contribution in [3.05, 3.63) is 52.3 Å². The van der Waals surface area contributed by atoms with E-state index in [1.165, 1.54) is 0 Å². The molecule has 1 heterocycles. The van der Waals surface area contributed by atoms with Crippen LogP contribution in [0.25, 0.3) is 0 Å². The van der Waals surface area contributed by atoms with Gasteiger partial charge in [0.2, 0.25) is 0 Å². The van der Waals surface area contributed by atoms with Gasteiger partial charge < -0.3 is 14.8 Å². The van der Waals surface area contributed by atoms with E-state index in [2.05, 4.69) is 26.2 Å². The lowest BCUT2D eigenvalue weighted by Crippen LogP contribution is -2.18. The van der Waals surface area contributed by atoms with E-state index in [9.17, 15) is 0 Å². The maximum atomic E-state index is 5.45. The molecule has 20 heavy (non-hydrogen) atoms. The van der Waals surface area contributed by atoms with Crippen LogP contribution in [0, 0.1) is 0 Å². The van der Waals surface area contributed by atoms with Crippen molar-refractivity contribution in [1.82, 2.24) is 10.3 Å². The molecule has 0 aliphatic carbocycles. The van der Waals surface area contributed by atoms with E-state index in [0.29, 0.717) is 0 Å². The number of hydrogen-bond acceptors (Lipinski definition) is 4. The molecule has 2 aromatic rings. The second-order valence-electron chi connectivity index (χ2n) is 4.27. The van der Waals surface area contributed by atoms with Gasteiger partial charge in [0.1, 0.15) is 11.5 Å². The minimum Gasteiger partial charge on any atom is -0.497 e. The molecule has 0 amide bonds. The van der Waals surface area contributed by atoms with Gasteiger partial charge in [0.15, 0.2) is 0 Å². The topological polar surface area (TPSA) is 43.4 Å². The Hall–Kier alpha value is -1.59. The van der Waals surface area contributed by atoms with Crippen LogP contribution in [0.2, 0.25) is 0 Å². The Labute approximate surface area is 127 Å². The lowest BCUT2D eigenvalue weighted by atomic mass is 9.99. The van der Waals surface area contributed by atoms with Crippen molar-refractivity contribution in [2.75, 3.05) is 21.3 Å². The molecule has 0 aliphatic heterocycles. The highest BCUT2D eigenvalue weighted by Gasteiger charge is 2.18. The minimum atomic E-state index is -0.0231. The molecule has 2 rings (SSSR count).